The molecule has 3 heterocycles. The number of ether oxygens (including phenoxy) is 1. The van der Waals surface area contributed by atoms with Crippen molar-refractivity contribution in [3.05, 3.63) is 52.4 Å². The lowest BCUT2D eigenvalue weighted by atomic mass is 9.91. The molecule has 1 aromatic heterocycles. The minimum Gasteiger partial charge on any atom is -0.497 e. The maximum absolute atomic E-state index is 13.5. The maximum atomic E-state index is 13.5. The minimum absolute atomic E-state index is 0.247. The fourth-order valence-corrected chi connectivity index (χ4v) is 5.05. The van der Waals surface area contributed by atoms with E-state index in [-0.39, 0.29) is 11.8 Å². The average Bonchev–Trinajstić information content (AvgIpc) is 3.27. The molecule has 4 rings (SSSR count). The molecule has 0 aliphatic carbocycles. The van der Waals surface area contributed by atoms with Crippen LogP contribution < -0.4 is 9.64 Å². The average molecular weight is 397 g/mol. The second-order valence-corrected chi connectivity index (χ2v) is 8.65. The first-order chi connectivity index (χ1) is 13.5. The first-order valence-corrected chi connectivity index (χ1v) is 10.4. The number of benzene rings is 1. The Kier molecular flexibility index (Phi) is 4.98. The summed E-state index contributed by atoms with van der Waals surface area (Å²) in [5.41, 5.74) is 1.59. The number of hydrogen-bond acceptors (Lipinski definition) is 5. The molecule has 146 valence electrons. The highest BCUT2D eigenvalue weighted by Gasteiger charge is 2.44. The fourth-order valence-electron chi connectivity index (χ4n) is 4.28. The van der Waals surface area contributed by atoms with E-state index in [0.717, 1.165) is 24.4 Å². The van der Waals surface area contributed by atoms with Gasteiger partial charge in [-0.25, -0.2) is 4.90 Å². The van der Waals surface area contributed by atoms with Crippen LogP contribution in [0.5, 0.6) is 5.75 Å². The standard InChI is InChI=1S/C22H24N2O3S/c1-14-10-15(2)13-23(12-14)20-19(18-8-5-9-28-18)21(25)24(22(20)26)16-6-4-7-17(11-16)27-3/h4-9,11,14-15H,10,12-13H2,1-3H3. The molecule has 2 aromatic rings. The Morgan fingerprint density at radius 2 is 1.79 bits per heavy atom. The molecule has 1 saturated heterocycles. The van der Waals surface area contributed by atoms with Gasteiger partial charge in [0, 0.05) is 24.0 Å². The molecule has 0 N–H and O–H groups in total. The van der Waals surface area contributed by atoms with E-state index in [0.29, 0.717) is 34.5 Å². The quantitative estimate of drug-likeness (QED) is 0.733. The lowest BCUT2D eigenvalue weighted by Gasteiger charge is -2.37. The Morgan fingerprint density at radius 3 is 2.43 bits per heavy atom. The number of imide groups is 1. The van der Waals surface area contributed by atoms with Crippen molar-refractivity contribution in [3.8, 4) is 5.75 Å². The third-order valence-corrected chi connectivity index (χ3v) is 6.21. The van der Waals surface area contributed by atoms with Gasteiger partial charge in [-0.05, 0) is 41.8 Å². The maximum Gasteiger partial charge on any atom is 0.282 e. The molecule has 0 saturated carbocycles. The van der Waals surface area contributed by atoms with Crippen LogP contribution in [-0.4, -0.2) is 36.9 Å². The van der Waals surface area contributed by atoms with E-state index in [9.17, 15) is 9.59 Å². The predicted octanol–water partition coefficient (Wildman–Crippen LogP) is 4.02. The second-order valence-electron chi connectivity index (χ2n) is 7.70. The summed E-state index contributed by atoms with van der Waals surface area (Å²) in [7, 11) is 1.57. The molecule has 0 bridgehead atoms. The summed E-state index contributed by atoms with van der Waals surface area (Å²) in [6, 6.07) is 10.9. The normalized spacial score (nSPS) is 23.0. The third-order valence-electron chi connectivity index (χ3n) is 5.32. The molecule has 28 heavy (non-hydrogen) atoms. The molecule has 2 atom stereocenters. The Morgan fingerprint density at radius 1 is 1.04 bits per heavy atom. The number of nitrogens with zero attached hydrogens (tertiary/aromatic N) is 2. The molecular formula is C22H24N2O3S. The predicted molar refractivity (Wildman–Crippen MR) is 111 cm³/mol. The molecule has 2 unspecified atom stereocenters. The van der Waals surface area contributed by atoms with E-state index in [4.69, 9.17) is 4.74 Å². The Hall–Kier alpha value is -2.60. The van der Waals surface area contributed by atoms with Crippen molar-refractivity contribution in [1.82, 2.24) is 4.90 Å². The van der Waals surface area contributed by atoms with Gasteiger partial charge in [-0.1, -0.05) is 26.0 Å². The highest BCUT2D eigenvalue weighted by Crippen LogP contribution is 2.39. The van der Waals surface area contributed by atoms with Gasteiger partial charge in [0.05, 0.1) is 18.4 Å². The Balaban J connectivity index is 1.80. The number of likely N-dealkylation sites (tertiary alicyclic amines) is 1. The van der Waals surface area contributed by atoms with Crippen molar-refractivity contribution in [2.24, 2.45) is 11.8 Å². The lowest BCUT2D eigenvalue weighted by molar-refractivity contribution is -0.120. The van der Waals surface area contributed by atoms with Crippen LogP contribution in [0.15, 0.2) is 47.5 Å². The van der Waals surface area contributed by atoms with Gasteiger partial charge in [0.2, 0.25) is 0 Å². The highest BCUT2D eigenvalue weighted by molar-refractivity contribution is 7.11. The summed E-state index contributed by atoms with van der Waals surface area (Å²) in [4.78, 5) is 31.2. The molecule has 2 aliphatic rings. The monoisotopic (exact) mass is 396 g/mol. The third kappa shape index (κ3) is 3.22. The van der Waals surface area contributed by atoms with Crippen LogP contribution in [-0.2, 0) is 9.59 Å². The van der Waals surface area contributed by atoms with E-state index >= 15 is 0 Å². The number of methoxy groups -OCH3 is 1. The summed E-state index contributed by atoms with van der Waals surface area (Å²) >= 11 is 1.49. The van der Waals surface area contributed by atoms with E-state index in [2.05, 4.69) is 18.7 Å². The molecule has 2 amide bonds. The summed E-state index contributed by atoms with van der Waals surface area (Å²) in [5.74, 6) is 1.07. The molecule has 0 radical (unpaired) electrons. The van der Waals surface area contributed by atoms with Crippen LogP contribution in [0.25, 0.3) is 5.57 Å². The molecule has 6 heteroatoms. The van der Waals surface area contributed by atoms with E-state index in [1.807, 2.05) is 17.5 Å². The van der Waals surface area contributed by atoms with Gasteiger partial charge in [-0.3, -0.25) is 9.59 Å². The zero-order chi connectivity index (χ0) is 19.8. The topological polar surface area (TPSA) is 49.9 Å². The van der Waals surface area contributed by atoms with Crippen molar-refractivity contribution < 1.29 is 14.3 Å². The van der Waals surface area contributed by atoms with Crippen LogP contribution >= 0.6 is 11.3 Å². The van der Waals surface area contributed by atoms with Gasteiger partial charge in [0.25, 0.3) is 11.8 Å². The summed E-state index contributed by atoms with van der Waals surface area (Å²) in [5, 5.41) is 1.94. The Bertz CT molecular complexity index is 925. The largest absolute Gasteiger partial charge is 0.497 e. The lowest BCUT2D eigenvalue weighted by Crippen LogP contribution is -2.42. The minimum atomic E-state index is -0.262. The molecule has 0 spiro atoms. The molecular weight excluding hydrogens is 372 g/mol. The van der Waals surface area contributed by atoms with Gasteiger partial charge < -0.3 is 9.64 Å². The fraction of sp³-hybridized carbons (Fsp3) is 0.364. The smallest absolute Gasteiger partial charge is 0.282 e. The highest BCUT2D eigenvalue weighted by atomic mass is 32.1. The number of anilines is 1. The van der Waals surface area contributed by atoms with E-state index < -0.39 is 0 Å². The number of hydrogen-bond donors (Lipinski definition) is 0. The first-order valence-electron chi connectivity index (χ1n) is 9.55. The molecule has 1 fully saturated rings. The van der Waals surface area contributed by atoms with Gasteiger partial charge in [-0.15, -0.1) is 11.3 Å². The SMILES string of the molecule is COc1cccc(N2C(=O)C(c3cccs3)=C(N3CC(C)CC(C)C3)C2=O)c1. The van der Waals surface area contributed by atoms with Crippen LogP contribution in [0.3, 0.4) is 0 Å². The van der Waals surface area contributed by atoms with Crippen molar-refractivity contribution in [2.75, 3.05) is 25.1 Å². The summed E-state index contributed by atoms with van der Waals surface area (Å²) in [6.07, 6.45) is 1.14. The number of rotatable bonds is 4. The van der Waals surface area contributed by atoms with Gasteiger partial charge in [-0.2, -0.15) is 0 Å². The number of carbonyl (C=O) groups is 2. The van der Waals surface area contributed by atoms with Gasteiger partial charge in [0.1, 0.15) is 11.4 Å². The number of carbonyl (C=O) groups excluding carboxylic acids is 2. The number of amides is 2. The van der Waals surface area contributed by atoms with Crippen LogP contribution in [0.4, 0.5) is 5.69 Å². The zero-order valence-electron chi connectivity index (χ0n) is 16.3. The number of piperidine rings is 1. The van der Waals surface area contributed by atoms with E-state index in [1.54, 1.807) is 31.4 Å². The van der Waals surface area contributed by atoms with Crippen molar-refractivity contribution in [2.45, 2.75) is 20.3 Å². The van der Waals surface area contributed by atoms with Gasteiger partial charge >= 0.3 is 0 Å². The van der Waals surface area contributed by atoms with Gasteiger partial charge in [0.15, 0.2) is 0 Å². The zero-order valence-corrected chi connectivity index (χ0v) is 17.2. The van der Waals surface area contributed by atoms with E-state index in [1.165, 1.54) is 16.2 Å². The van der Waals surface area contributed by atoms with Crippen molar-refractivity contribution >= 4 is 34.4 Å². The van der Waals surface area contributed by atoms with Crippen LogP contribution in [0, 0.1) is 11.8 Å². The second kappa shape index (κ2) is 7.43. The summed E-state index contributed by atoms with van der Waals surface area (Å²) in [6.45, 7) is 5.99. The summed E-state index contributed by atoms with van der Waals surface area (Å²) < 4.78 is 5.28. The number of thiophene rings is 1. The molecule has 5 nitrogen and oxygen atoms in total. The van der Waals surface area contributed by atoms with Crippen LogP contribution in [0.2, 0.25) is 0 Å². The van der Waals surface area contributed by atoms with Crippen molar-refractivity contribution in [3.63, 3.8) is 0 Å². The molecule has 1 aromatic carbocycles. The van der Waals surface area contributed by atoms with Crippen LogP contribution in [0.1, 0.15) is 25.1 Å². The first kappa shape index (κ1) is 18.7. The Labute approximate surface area is 169 Å². The molecule has 2 aliphatic heterocycles. The van der Waals surface area contributed by atoms with Crippen molar-refractivity contribution in [1.29, 1.82) is 0 Å².